The molecule has 6 rings (SSSR count). The summed E-state index contributed by atoms with van der Waals surface area (Å²) >= 11 is 1.64. The van der Waals surface area contributed by atoms with Gasteiger partial charge in [-0.15, -0.1) is 11.3 Å². The minimum absolute atomic E-state index is 0.103. The van der Waals surface area contributed by atoms with E-state index in [1.165, 1.54) is 23.5 Å². The molecule has 0 saturated heterocycles. The highest BCUT2D eigenvalue weighted by Gasteiger charge is 2.22. The summed E-state index contributed by atoms with van der Waals surface area (Å²) < 4.78 is 16.0. The van der Waals surface area contributed by atoms with E-state index in [0.717, 1.165) is 28.9 Å². The SMILES string of the molecule is CCCCC(=O)Nc1cncc(-c2cnc3[nH]nc(-c4nc5c(-c6ccc(C)s6)nccc5[nH]4)c3c2F)c1. The molecule has 0 bridgehead atoms. The number of rotatable bonds is 7. The molecule has 3 N–H and O–H groups in total. The van der Waals surface area contributed by atoms with Crippen LogP contribution in [0, 0.1) is 12.7 Å². The largest absolute Gasteiger partial charge is 0.336 e. The van der Waals surface area contributed by atoms with Crippen molar-refractivity contribution in [3.05, 3.63) is 59.7 Å². The maximum absolute atomic E-state index is 16.0. The lowest BCUT2D eigenvalue weighted by molar-refractivity contribution is -0.116. The van der Waals surface area contributed by atoms with Gasteiger partial charge in [0.05, 0.1) is 27.7 Å². The first-order valence-electron chi connectivity index (χ1n) is 12.2. The van der Waals surface area contributed by atoms with E-state index in [-0.39, 0.29) is 16.9 Å². The summed E-state index contributed by atoms with van der Waals surface area (Å²) in [6, 6.07) is 7.57. The lowest BCUT2D eigenvalue weighted by Gasteiger charge is -2.08. The van der Waals surface area contributed by atoms with E-state index < -0.39 is 5.82 Å². The Bertz CT molecular complexity index is 1800. The fourth-order valence-electron chi connectivity index (χ4n) is 4.33. The van der Waals surface area contributed by atoms with Crippen LogP contribution in [0.15, 0.2) is 49.1 Å². The predicted molar refractivity (Wildman–Crippen MR) is 146 cm³/mol. The third-order valence-electron chi connectivity index (χ3n) is 6.22. The van der Waals surface area contributed by atoms with Crippen LogP contribution in [0.2, 0.25) is 0 Å². The Kier molecular flexibility index (Phi) is 6.12. The number of nitrogens with zero attached hydrogens (tertiary/aromatic N) is 5. The number of aryl methyl sites for hydroxylation is 1. The quantitative estimate of drug-likeness (QED) is 0.225. The molecule has 0 saturated carbocycles. The predicted octanol–water partition coefficient (Wildman–Crippen LogP) is 6.26. The minimum atomic E-state index is -0.511. The molecule has 6 heterocycles. The Morgan fingerprint density at radius 2 is 2.03 bits per heavy atom. The Labute approximate surface area is 220 Å². The highest BCUT2D eigenvalue weighted by atomic mass is 32.1. The standard InChI is InChI=1S/C27H23FN8OS/c1-3-4-5-20(37)32-16-10-15(11-29-12-16)17-13-31-26-21(22(17)28)25(35-36-26)27-33-18-8-9-30-24(23(18)34-27)19-7-6-14(2)38-19/h6-13H,3-5H2,1-2H3,(H,32,37)(H,33,34)(H,31,35,36). The fourth-order valence-corrected chi connectivity index (χ4v) is 5.20. The van der Waals surface area contributed by atoms with E-state index in [9.17, 15) is 4.79 Å². The third-order valence-corrected chi connectivity index (χ3v) is 7.22. The van der Waals surface area contributed by atoms with Gasteiger partial charge in [0.25, 0.3) is 0 Å². The number of carbonyl (C=O) groups is 1. The third kappa shape index (κ3) is 4.30. The normalized spacial score (nSPS) is 11.4. The topological polar surface area (TPSA) is 125 Å². The minimum Gasteiger partial charge on any atom is -0.336 e. The van der Waals surface area contributed by atoms with Crippen molar-refractivity contribution in [1.82, 2.24) is 35.1 Å². The molecule has 0 aliphatic rings. The van der Waals surface area contributed by atoms with Crippen molar-refractivity contribution in [3.63, 3.8) is 0 Å². The molecule has 0 aliphatic heterocycles. The molecule has 6 aromatic rings. The molecule has 11 heteroatoms. The number of imidazole rings is 1. The second-order valence-electron chi connectivity index (χ2n) is 8.95. The monoisotopic (exact) mass is 526 g/mol. The van der Waals surface area contributed by atoms with E-state index in [1.54, 1.807) is 23.6 Å². The molecule has 0 aliphatic carbocycles. The number of nitrogens with one attached hydrogen (secondary N) is 3. The van der Waals surface area contributed by atoms with Crippen LogP contribution in [0.4, 0.5) is 10.1 Å². The first-order chi connectivity index (χ1) is 18.5. The second kappa shape index (κ2) is 9.75. The molecule has 0 aromatic carbocycles. The number of unbranched alkanes of at least 4 members (excludes halogenated alkanes) is 1. The van der Waals surface area contributed by atoms with Crippen molar-refractivity contribution in [1.29, 1.82) is 0 Å². The van der Waals surface area contributed by atoms with Crippen molar-refractivity contribution in [2.24, 2.45) is 0 Å². The molecule has 0 atom stereocenters. The van der Waals surface area contributed by atoms with Gasteiger partial charge >= 0.3 is 0 Å². The summed E-state index contributed by atoms with van der Waals surface area (Å²) in [5.74, 6) is -0.210. The molecule has 0 radical (unpaired) electrons. The van der Waals surface area contributed by atoms with Gasteiger partial charge in [-0.3, -0.25) is 19.9 Å². The van der Waals surface area contributed by atoms with E-state index >= 15 is 4.39 Å². The summed E-state index contributed by atoms with van der Waals surface area (Å²) in [4.78, 5) is 35.5. The summed E-state index contributed by atoms with van der Waals surface area (Å²) in [6.07, 6.45) is 8.36. The highest BCUT2D eigenvalue weighted by Crippen LogP contribution is 2.35. The zero-order valence-corrected chi connectivity index (χ0v) is 21.5. The summed E-state index contributed by atoms with van der Waals surface area (Å²) in [6.45, 7) is 4.07. The molecular formula is C27H23FN8OS. The first kappa shape index (κ1) is 23.9. The van der Waals surface area contributed by atoms with Gasteiger partial charge in [0.2, 0.25) is 5.91 Å². The van der Waals surface area contributed by atoms with E-state index in [2.05, 4.69) is 35.5 Å². The van der Waals surface area contributed by atoms with Crippen LogP contribution in [-0.2, 0) is 4.79 Å². The van der Waals surface area contributed by atoms with Gasteiger partial charge in [0.15, 0.2) is 11.5 Å². The number of carbonyl (C=O) groups excluding carboxylic acids is 1. The zero-order chi connectivity index (χ0) is 26.2. The molecule has 1 amide bonds. The van der Waals surface area contributed by atoms with Crippen LogP contribution in [0.5, 0.6) is 0 Å². The summed E-state index contributed by atoms with van der Waals surface area (Å²) in [5.41, 5.74) is 4.04. The van der Waals surface area contributed by atoms with E-state index in [1.807, 2.05) is 32.0 Å². The molecule has 0 fully saturated rings. The number of halogens is 1. The van der Waals surface area contributed by atoms with Crippen molar-refractivity contribution >= 4 is 45.0 Å². The smallest absolute Gasteiger partial charge is 0.224 e. The average Bonchev–Trinajstić information content (AvgIpc) is 3.65. The van der Waals surface area contributed by atoms with Gasteiger partial charge < -0.3 is 10.3 Å². The number of aromatic amines is 2. The number of hydrogen-bond acceptors (Lipinski definition) is 7. The molecular weight excluding hydrogens is 503 g/mol. The maximum Gasteiger partial charge on any atom is 0.224 e. The lowest BCUT2D eigenvalue weighted by Crippen LogP contribution is -2.11. The van der Waals surface area contributed by atoms with Crippen LogP contribution < -0.4 is 5.32 Å². The average molecular weight is 527 g/mol. The van der Waals surface area contributed by atoms with E-state index in [0.29, 0.717) is 40.4 Å². The lowest BCUT2D eigenvalue weighted by atomic mass is 10.1. The van der Waals surface area contributed by atoms with Crippen LogP contribution in [0.1, 0.15) is 31.1 Å². The van der Waals surface area contributed by atoms with Crippen molar-refractivity contribution in [3.8, 4) is 33.2 Å². The van der Waals surface area contributed by atoms with Gasteiger partial charge in [-0.25, -0.2) is 14.4 Å². The number of aromatic nitrogens is 7. The second-order valence-corrected chi connectivity index (χ2v) is 10.2. The number of fused-ring (bicyclic) bond motifs is 2. The highest BCUT2D eigenvalue weighted by molar-refractivity contribution is 7.15. The van der Waals surface area contributed by atoms with Gasteiger partial charge in [0.1, 0.15) is 22.7 Å². The van der Waals surface area contributed by atoms with Gasteiger partial charge in [-0.2, -0.15) is 5.10 Å². The summed E-state index contributed by atoms with van der Waals surface area (Å²) in [7, 11) is 0. The number of anilines is 1. The molecule has 9 nitrogen and oxygen atoms in total. The van der Waals surface area contributed by atoms with Gasteiger partial charge in [0, 0.05) is 41.0 Å². The molecule has 0 unspecified atom stereocenters. The van der Waals surface area contributed by atoms with Crippen molar-refractivity contribution < 1.29 is 9.18 Å². The van der Waals surface area contributed by atoms with Gasteiger partial charge in [-0.05, 0) is 37.6 Å². The number of pyridine rings is 3. The number of H-pyrrole nitrogens is 2. The van der Waals surface area contributed by atoms with Crippen molar-refractivity contribution in [2.75, 3.05) is 5.32 Å². The Hall–Kier alpha value is -4.51. The zero-order valence-electron chi connectivity index (χ0n) is 20.7. The number of hydrogen-bond donors (Lipinski definition) is 3. The Morgan fingerprint density at radius 3 is 2.84 bits per heavy atom. The Balaban J connectivity index is 1.41. The van der Waals surface area contributed by atoms with Crippen LogP contribution >= 0.6 is 11.3 Å². The summed E-state index contributed by atoms with van der Waals surface area (Å²) in [5, 5.41) is 10.2. The molecule has 0 spiro atoms. The number of thiophene rings is 1. The molecule has 38 heavy (non-hydrogen) atoms. The van der Waals surface area contributed by atoms with Gasteiger partial charge in [-0.1, -0.05) is 13.3 Å². The Morgan fingerprint density at radius 1 is 1.13 bits per heavy atom. The van der Waals surface area contributed by atoms with Crippen LogP contribution in [-0.4, -0.2) is 41.0 Å². The fraction of sp³-hybridized carbons (Fsp3) is 0.185. The van der Waals surface area contributed by atoms with E-state index in [4.69, 9.17) is 4.98 Å². The maximum atomic E-state index is 16.0. The molecule has 6 aromatic heterocycles. The molecule has 190 valence electrons. The van der Waals surface area contributed by atoms with Crippen LogP contribution in [0.3, 0.4) is 0 Å². The van der Waals surface area contributed by atoms with Crippen molar-refractivity contribution in [2.45, 2.75) is 33.1 Å². The first-order valence-corrected chi connectivity index (χ1v) is 13.0. The van der Waals surface area contributed by atoms with Crippen LogP contribution in [0.25, 0.3) is 55.3 Å². The number of amides is 1.